The van der Waals surface area contributed by atoms with Gasteiger partial charge in [-0.15, -0.1) is 0 Å². The van der Waals surface area contributed by atoms with Crippen molar-refractivity contribution in [2.75, 3.05) is 5.32 Å². The van der Waals surface area contributed by atoms with Gasteiger partial charge in [-0.1, -0.05) is 29.3 Å². The molecule has 4 nitrogen and oxygen atoms in total. The number of halogens is 2. The van der Waals surface area contributed by atoms with Crippen molar-refractivity contribution in [3.8, 4) is 0 Å². The summed E-state index contributed by atoms with van der Waals surface area (Å²) in [6.07, 6.45) is 0. The van der Waals surface area contributed by atoms with Crippen LogP contribution >= 0.6 is 23.2 Å². The molecule has 0 spiro atoms. The van der Waals surface area contributed by atoms with Gasteiger partial charge in [-0.05, 0) is 55.2 Å². The highest BCUT2D eigenvalue weighted by Gasteiger charge is 2.40. The lowest BCUT2D eigenvalue weighted by molar-refractivity contribution is 0.101. The van der Waals surface area contributed by atoms with E-state index in [1.807, 2.05) is 19.9 Å². The van der Waals surface area contributed by atoms with Crippen molar-refractivity contribution in [2.45, 2.75) is 19.4 Å². The topological polar surface area (TPSA) is 58.6 Å². The van der Waals surface area contributed by atoms with Crippen molar-refractivity contribution in [1.29, 1.82) is 0 Å². The molecule has 1 amide bonds. The zero-order valence-corrected chi connectivity index (χ0v) is 14.1. The Hall–Kier alpha value is -1.53. The number of rotatable bonds is 2. The molecule has 1 aliphatic heterocycles. The van der Waals surface area contributed by atoms with Crippen molar-refractivity contribution in [1.82, 2.24) is 0 Å². The van der Waals surface area contributed by atoms with Crippen LogP contribution in [0.2, 0.25) is 10.0 Å². The molecule has 1 aliphatic rings. The molecule has 7 heteroatoms. The Morgan fingerprint density at radius 2 is 1.91 bits per heavy atom. The van der Waals surface area contributed by atoms with Crippen LogP contribution in [0.25, 0.3) is 0 Å². The number of anilines is 1. The SMILES string of the molecule is CC1(C)OB(O)c2cc(NC(=O)c3ccc(Cl)c(Cl)c3)ccc21. The minimum Gasteiger partial charge on any atom is -0.423 e. The van der Waals surface area contributed by atoms with E-state index in [2.05, 4.69) is 5.32 Å². The highest BCUT2D eigenvalue weighted by molar-refractivity contribution is 6.62. The number of hydrogen-bond acceptors (Lipinski definition) is 3. The van der Waals surface area contributed by atoms with Gasteiger partial charge in [0, 0.05) is 11.3 Å². The van der Waals surface area contributed by atoms with Crippen LogP contribution in [0.1, 0.15) is 29.8 Å². The van der Waals surface area contributed by atoms with Crippen LogP contribution in [0.15, 0.2) is 36.4 Å². The van der Waals surface area contributed by atoms with Gasteiger partial charge in [0.15, 0.2) is 0 Å². The van der Waals surface area contributed by atoms with E-state index in [9.17, 15) is 9.82 Å². The lowest BCUT2D eigenvalue weighted by Gasteiger charge is -2.19. The summed E-state index contributed by atoms with van der Waals surface area (Å²) in [6, 6.07) is 10.0. The molecule has 2 N–H and O–H groups in total. The van der Waals surface area contributed by atoms with Crippen molar-refractivity contribution in [3.05, 3.63) is 57.6 Å². The van der Waals surface area contributed by atoms with E-state index < -0.39 is 12.7 Å². The number of fused-ring (bicyclic) bond motifs is 1. The summed E-state index contributed by atoms with van der Waals surface area (Å²) < 4.78 is 5.50. The van der Waals surface area contributed by atoms with Crippen molar-refractivity contribution in [3.63, 3.8) is 0 Å². The van der Waals surface area contributed by atoms with Crippen LogP contribution in [-0.4, -0.2) is 18.0 Å². The van der Waals surface area contributed by atoms with E-state index in [1.54, 1.807) is 24.3 Å². The Kier molecular flexibility index (Phi) is 4.15. The van der Waals surface area contributed by atoms with Crippen LogP contribution in [0, 0.1) is 0 Å². The number of nitrogens with one attached hydrogen (secondary N) is 1. The molecule has 3 rings (SSSR count). The van der Waals surface area contributed by atoms with E-state index in [1.165, 1.54) is 6.07 Å². The highest BCUT2D eigenvalue weighted by Crippen LogP contribution is 2.31. The Bertz CT molecular complexity index is 795. The normalized spacial score (nSPS) is 15.4. The summed E-state index contributed by atoms with van der Waals surface area (Å²) >= 11 is 11.8. The van der Waals surface area contributed by atoms with Gasteiger partial charge in [0.05, 0.1) is 15.6 Å². The fraction of sp³-hybridized carbons (Fsp3) is 0.188. The summed E-state index contributed by atoms with van der Waals surface area (Å²) in [4.78, 5) is 12.3. The van der Waals surface area contributed by atoms with Crippen LogP contribution in [0.3, 0.4) is 0 Å². The third-order valence-electron chi connectivity index (χ3n) is 3.81. The minimum absolute atomic E-state index is 0.309. The summed E-state index contributed by atoms with van der Waals surface area (Å²) in [6.45, 7) is 3.77. The standard InChI is InChI=1S/C16H14BCl2NO3/c1-16(2)11-5-4-10(8-12(11)17(22)23-16)20-15(21)9-3-6-13(18)14(19)7-9/h3-8,22H,1-2H3,(H,20,21). The van der Waals surface area contributed by atoms with E-state index in [-0.39, 0.29) is 5.91 Å². The fourth-order valence-corrected chi connectivity index (χ4v) is 2.94. The molecule has 0 saturated heterocycles. The molecule has 2 aromatic rings. The molecule has 0 saturated carbocycles. The first kappa shape index (κ1) is 16.3. The number of carbonyl (C=O) groups is 1. The summed E-state index contributed by atoms with van der Waals surface area (Å²) in [5.41, 5.74) is 1.97. The first-order valence-electron chi connectivity index (χ1n) is 7.04. The Balaban J connectivity index is 1.85. The molecule has 23 heavy (non-hydrogen) atoms. The Morgan fingerprint density at radius 1 is 1.17 bits per heavy atom. The molecule has 0 aliphatic carbocycles. The second-order valence-corrected chi connectivity index (χ2v) is 6.68. The van der Waals surface area contributed by atoms with Gasteiger partial charge in [-0.2, -0.15) is 0 Å². The minimum atomic E-state index is -0.998. The van der Waals surface area contributed by atoms with E-state index in [4.69, 9.17) is 27.9 Å². The zero-order chi connectivity index (χ0) is 16.8. The van der Waals surface area contributed by atoms with Gasteiger partial charge in [-0.3, -0.25) is 4.79 Å². The molecule has 0 bridgehead atoms. The summed E-state index contributed by atoms with van der Waals surface area (Å²) in [5.74, 6) is -0.309. The van der Waals surface area contributed by atoms with Crippen LogP contribution in [-0.2, 0) is 10.3 Å². The van der Waals surface area contributed by atoms with Gasteiger partial charge in [0.1, 0.15) is 0 Å². The van der Waals surface area contributed by atoms with Crippen molar-refractivity contribution >= 4 is 47.4 Å². The summed E-state index contributed by atoms with van der Waals surface area (Å²) in [7, 11) is -0.998. The quantitative estimate of drug-likeness (QED) is 0.818. The molecule has 1 heterocycles. The average molecular weight is 350 g/mol. The number of amides is 1. The predicted octanol–water partition coefficient (Wildman–Crippen LogP) is 3.20. The lowest BCUT2D eigenvalue weighted by Crippen LogP contribution is -2.29. The Labute approximate surface area is 144 Å². The van der Waals surface area contributed by atoms with E-state index in [0.717, 1.165) is 5.56 Å². The number of hydrogen-bond donors (Lipinski definition) is 2. The molecular formula is C16H14BCl2NO3. The largest absolute Gasteiger partial charge is 0.492 e. The average Bonchev–Trinajstić information content (AvgIpc) is 2.71. The third-order valence-corrected chi connectivity index (χ3v) is 4.55. The van der Waals surface area contributed by atoms with Crippen LogP contribution in [0.4, 0.5) is 5.69 Å². The molecular weight excluding hydrogens is 336 g/mol. The maximum Gasteiger partial charge on any atom is 0.492 e. The first-order valence-corrected chi connectivity index (χ1v) is 7.80. The number of benzene rings is 2. The van der Waals surface area contributed by atoms with Gasteiger partial charge in [-0.25, -0.2) is 0 Å². The fourth-order valence-electron chi connectivity index (χ4n) is 2.64. The van der Waals surface area contributed by atoms with Crippen LogP contribution in [0.5, 0.6) is 0 Å². The van der Waals surface area contributed by atoms with Crippen molar-refractivity contribution < 1.29 is 14.5 Å². The zero-order valence-electron chi connectivity index (χ0n) is 12.6. The second kappa shape index (κ2) is 5.84. The maximum atomic E-state index is 12.3. The van der Waals surface area contributed by atoms with Gasteiger partial charge < -0.3 is 15.0 Å². The molecule has 0 atom stereocenters. The summed E-state index contributed by atoms with van der Waals surface area (Å²) in [5, 5.41) is 13.5. The third kappa shape index (κ3) is 3.10. The molecule has 0 radical (unpaired) electrons. The lowest BCUT2D eigenvalue weighted by atomic mass is 9.78. The van der Waals surface area contributed by atoms with Crippen molar-refractivity contribution in [2.24, 2.45) is 0 Å². The maximum absolute atomic E-state index is 12.3. The van der Waals surface area contributed by atoms with E-state index >= 15 is 0 Å². The number of carbonyl (C=O) groups excluding carboxylic acids is 1. The van der Waals surface area contributed by atoms with Gasteiger partial charge in [0.25, 0.3) is 5.91 Å². The molecule has 0 aromatic heterocycles. The van der Waals surface area contributed by atoms with E-state index in [0.29, 0.717) is 26.8 Å². The monoisotopic (exact) mass is 349 g/mol. The second-order valence-electron chi connectivity index (χ2n) is 5.87. The molecule has 0 fully saturated rings. The molecule has 0 unspecified atom stereocenters. The highest BCUT2D eigenvalue weighted by atomic mass is 35.5. The molecule has 118 valence electrons. The van der Waals surface area contributed by atoms with Gasteiger partial charge >= 0.3 is 7.12 Å². The molecule has 2 aromatic carbocycles. The van der Waals surface area contributed by atoms with Gasteiger partial charge in [0.2, 0.25) is 0 Å². The Morgan fingerprint density at radius 3 is 2.61 bits per heavy atom. The first-order chi connectivity index (χ1) is 10.8. The smallest absolute Gasteiger partial charge is 0.423 e. The predicted molar refractivity (Wildman–Crippen MR) is 92.6 cm³/mol. The van der Waals surface area contributed by atoms with Crippen LogP contribution < -0.4 is 10.8 Å².